The van der Waals surface area contributed by atoms with Crippen LogP contribution in [0.15, 0.2) is 29.2 Å². The van der Waals surface area contributed by atoms with Gasteiger partial charge in [-0.3, -0.25) is 4.90 Å². The summed E-state index contributed by atoms with van der Waals surface area (Å²) in [5, 5.41) is 0. The van der Waals surface area contributed by atoms with Crippen LogP contribution in [-0.4, -0.2) is 62.4 Å². The molecule has 3 rings (SSSR count). The fourth-order valence-corrected chi connectivity index (χ4v) is 6.05. The lowest BCUT2D eigenvalue weighted by atomic mass is 9.89. The number of sulfonamides is 1. The molecule has 2 atom stereocenters. The van der Waals surface area contributed by atoms with Gasteiger partial charge in [0.25, 0.3) is 0 Å². The van der Waals surface area contributed by atoms with Crippen LogP contribution in [0.4, 0.5) is 0 Å². The van der Waals surface area contributed by atoms with Crippen molar-refractivity contribution in [2.75, 3.05) is 32.8 Å². The van der Waals surface area contributed by atoms with E-state index in [9.17, 15) is 13.2 Å². The third kappa shape index (κ3) is 4.75. The molecule has 2 heterocycles. The highest BCUT2D eigenvalue weighted by Gasteiger charge is 2.34. The van der Waals surface area contributed by atoms with E-state index in [1.165, 1.54) is 30.7 Å². The normalized spacial score (nSPS) is 25.5. The largest absolute Gasteiger partial charge is 0.462 e. The van der Waals surface area contributed by atoms with Gasteiger partial charge in [-0.05, 0) is 62.3 Å². The second-order valence-corrected chi connectivity index (χ2v) is 10.2. The molecule has 2 aliphatic rings. The van der Waals surface area contributed by atoms with Crippen molar-refractivity contribution < 1.29 is 17.9 Å². The molecule has 0 radical (unpaired) electrons. The van der Waals surface area contributed by atoms with Gasteiger partial charge >= 0.3 is 5.97 Å². The predicted molar refractivity (Wildman–Crippen MR) is 109 cm³/mol. The Kier molecular flexibility index (Phi) is 6.78. The Morgan fingerprint density at radius 3 is 2.18 bits per heavy atom. The van der Waals surface area contributed by atoms with Gasteiger partial charge in [0.05, 0.1) is 17.1 Å². The summed E-state index contributed by atoms with van der Waals surface area (Å²) in [4.78, 5) is 14.6. The van der Waals surface area contributed by atoms with Gasteiger partial charge < -0.3 is 4.74 Å². The summed E-state index contributed by atoms with van der Waals surface area (Å²) >= 11 is 0. The molecule has 6 nitrogen and oxygen atoms in total. The molecule has 0 N–H and O–H groups in total. The summed E-state index contributed by atoms with van der Waals surface area (Å²) in [6.45, 7) is 9.99. The molecule has 0 spiro atoms. The smallest absolute Gasteiger partial charge is 0.338 e. The highest BCUT2D eigenvalue weighted by Crippen LogP contribution is 2.28. The van der Waals surface area contributed by atoms with Crippen molar-refractivity contribution in [2.45, 2.75) is 51.0 Å². The number of hydrogen-bond acceptors (Lipinski definition) is 5. The number of carbonyl (C=O) groups is 1. The Balaban J connectivity index is 1.62. The summed E-state index contributed by atoms with van der Waals surface area (Å²) in [7, 11) is -3.53. The average Bonchev–Trinajstić information content (AvgIpc) is 2.67. The molecular formula is C21H32N2O4S. The number of hydrogen-bond donors (Lipinski definition) is 0. The second-order valence-electron chi connectivity index (χ2n) is 8.28. The van der Waals surface area contributed by atoms with Crippen molar-refractivity contribution in [2.24, 2.45) is 11.8 Å². The van der Waals surface area contributed by atoms with E-state index < -0.39 is 16.0 Å². The van der Waals surface area contributed by atoms with Gasteiger partial charge in [-0.2, -0.15) is 4.31 Å². The summed E-state index contributed by atoms with van der Waals surface area (Å²) in [5.74, 6) is 0.990. The molecule has 2 aliphatic heterocycles. The van der Waals surface area contributed by atoms with Gasteiger partial charge in [0, 0.05) is 32.2 Å². The Bertz CT molecular complexity index is 760. The van der Waals surface area contributed by atoms with Gasteiger partial charge in [0.2, 0.25) is 10.0 Å². The number of ether oxygens (including phenoxy) is 1. The van der Waals surface area contributed by atoms with Crippen LogP contribution < -0.4 is 0 Å². The standard InChI is InChI=1S/C21H32N2O4S/c1-4-27-21(24)18-5-7-20(8-6-18)28(25,26)23-11-9-19(10-12-23)22-14-16(2)13-17(3)15-22/h5-8,16-17,19H,4,9-15H2,1-3H3/t16-,17-/m1/s1. The van der Waals surface area contributed by atoms with E-state index in [0.29, 0.717) is 43.1 Å². The maximum atomic E-state index is 13.0. The maximum absolute atomic E-state index is 13.0. The molecule has 0 bridgehead atoms. The highest BCUT2D eigenvalue weighted by atomic mass is 32.2. The van der Waals surface area contributed by atoms with Crippen molar-refractivity contribution in [3.05, 3.63) is 29.8 Å². The van der Waals surface area contributed by atoms with Crippen LogP contribution in [0, 0.1) is 11.8 Å². The minimum atomic E-state index is -3.53. The van der Waals surface area contributed by atoms with E-state index in [-0.39, 0.29) is 4.90 Å². The molecule has 156 valence electrons. The van der Waals surface area contributed by atoms with Gasteiger partial charge in [0.15, 0.2) is 0 Å². The van der Waals surface area contributed by atoms with Crippen LogP contribution in [0.1, 0.15) is 50.4 Å². The molecule has 7 heteroatoms. The first-order chi connectivity index (χ1) is 13.3. The Hall–Kier alpha value is -1.44. The summed E-state index contributed by atoms with van der Waals surface area (Å²) in [6.07, 6.45) is 3.03. The second kappa shape index (κ2) is 8.93. The third-order valence-corrected chi connectivity index (χ3v) is 7.75. The van der Waals surface area contributed by atoms with Crippen LogP contribution >= 0.6 is 0 Å². The van der Waals surface area contributed by atoms with Crippen LogP contribution in [0.5, 0.6) is 0 Å². The lowest BCUT2D eigenvalue weighted by Crippen LogP contribution is -2.50. The number of nitrogens with zero attached hydrogens (tertiary/aromatic N) is 2. The molecule has 2 saturated heterocycles. The van der Waals surface area contributed by atoms with Crippen LogP contribution in [0.25, 0.3) is 0 Å². The van der Waals surface area contributed by atoms with Crippen molar-refractivity contribution in [1.82, 2.24) is 9.21 Å². The monoisotopic (exact) mass is 408 g/mol. The topological polar surface area (TPSA) is 66.9 Å². The van der Waals surface area contributed by atoms with E-state index in [4.69, 9.17) is 4.74 Å². The molecule has 1 aromatic rings. The zero-order chi connectivity index (χ0) is 20.3. The molecule has 0 saturated carbocycles. The number of piperidine rings is 2. The number of likely N-dealkylation sites (tertiary alicyclic amines) is 1. The first kappa shape index (κ1) is 21.3. The van der Waals surface area contributed by atoms with E-state index >= 15 is 0 Å². The molecule has 0 aromatic heterocycles. The minimum Gasteiger partial charge on any atom is -0.462 e. The van der Waals surface area contributed by atoms with Crippen LogP contribution in [-0.2, 0) is 14.8 Å². The van der Waals surface area contributed by atoms with E-state index in [1.54, 1.807) is 11.2 Å². The van der Waals surface area contributed by atoms with Gasteiger partial charge in [-0.1, -0.05) is 13.8 Å². The fourth-order valence-electron chi connectivity index (χ4n) is 4.58. The average molecular weight is 409 g/mol. The van der Waals surface area contributed by atoms with E-state index in [0.717, 1.165) is 25.9 Å². The zero-order valence-electron chi connectivity index (χ0n) is 17.1. The first-order valence-electron chi connectivity index (χ1n) is 10.3. The van der Waals surface area contributed by atoms with Gasteiger partial charge in [0.1, 0.15) is 0 Å². The molecule has 0 unspecified atom stereocenters. The molecule has 1 aromatic carbocycles. The van der Waals surface area contributed by atoms with Gasteiger partial charge in [-0.15, -0.1) is 0 Å². The van der Waals surface area contributed by atoms with Gasteiger partial charge in [-0.25, -0.2) is 13.2 Å². The first-order valence-corrected chi connectivity index (χ1v) is 11.8. The minimum absolute atomic E-state index is 0.235. The molecule has 0 amide bonds. The molecule has 28 heavy (non-hydrogen) atoms. The number of benzene rings is 1. The number of carbonyl (C=O) groups excluding carboxylic acids is 1. The molecule has 2 fully saturated rings. The van der Waals surface area contributed by atoms with Crippen molar-refractivity contribution in [3.63, 3.8) is 0 Å². The van der Waals surface area contributed by atoms with Crippen molar-refractivity contribution in [3.8, 4) is 0 Å². The quantitative estimate of drug-likeness (QED) is 0.701. The zero-order valence-corrected chi connectivity index (χ0v) is 18.0. The van der Waals surface area contributed by atoms with Crippen molar-refractivity contribution >= 4 is 16.0 Å². The Morgan fingerprint density at radius 1 is 1.07 bits per heavy atom. The molecular weight excluding hydrogens is 376 g/mol. The summed E-state index contributed by atoms with van der Waals surface area (Å²) in [5.41, 5.74) is 0.368. The number of rotatable bonds is 5. The lowest BCUT2D eigenvalue weighted by molar-refractivity contribution is 0.0526. The summed E-state index contributed by atoms with van der Waals surface area (Å²) in [6, 6.07) is 6.52. The van der Waals surface area contributed by atoms with E-state index in [2.05, 4.69) is 18.7 Å². The van der Waals surface area contributed by atoms with E-state index in [1.807, 2.05) is 0 Å². The Morgan fingerprint density at radius 2 is 1.64 bits per heavy atom. The molecule has 0 aliphatic carbocycles. The predicted octanol–water partition coefficient (Wildman–Crippen LogP) is 2.99. The van der Waals surface area contributed by atoms with Crippen LogP contribution in [0.2, 0.25) is 0 Å². The lowest BCUT2D eigenvalue weighted by Gasteiger charge is -2.43. The highest BCUT2D eigenvalue weighted by molar-refractivity contribution is 7.89. The van der Waals surface area contributed by atoms with Crippen molar-refractivity contribution in [1.29, 1.82) is 0 Å². The maximum Gasteiger partial charge on any atom is 0.338 e. The number of esters is 1. The SMILES string of the molecule is CCOC(=O)c1ccc(S(=O)(=O)N2CCC(N3C[C@H](C)C[C@@H](C)C3)CC2)cc1. The summed E-state index contributed by atoms with van der Waals surface area (Å²) < 4.78 is 32.5. The fraction of sp³-hybridized carbons (Fsp3) is 0.667. The Labute approximate surface area is 168 Å². The van der Waals surface area contributed by atoms with Crippen LogP contribution in [0.3, 0.4) is 0 Å². The third-order valence-electron chi connectivity index (χ3n) is 5.84.